The van der Waals surface area contributed by atoms with E-state index in [0.717, 1.165) is 39.8 Å². The standard InChI is InChI=1S/C24H25NO3/c1-3-27-22-14-18-12-13-25(16-19(18)15-23(22)28-4-2)24(26)21-11-7-9-17-8-5-6-10-20(17)21/h5-11,14-15H,3-4,12-13,16H2,1-2H3. The van der Waals surface area contributed by atoms with Gasteiger partial charge >= 0.3 is 0 Å². The van der Waals surface area contributed by atoms with Gasteiger partial charge in [0.25, 0.3) is 5.91 Å². The van der Waals surface area contributed by atoms with E-state index in [-0.39, 0.29) is 5.91 Å². The first-order valence-electron chi connectivity index (χ1n) is 9.89. The fraction of sp³-hybridized carbons (Fsp3) is 0.292. The number of carbonyl (C=O) groups excluding carboxylic acids is 1. The third-order valence-corrected chi connectivity index (χ3v) is 5.19. The summed E-state index contributed by atoms with van der Waals surface area (Å²) >= 11 is 0. The molecule has 0 unspecified atom stereocenters. The Morgan fingerprint density at radius 2 is 1.61 bits per heavy atom. The molecule has 0 saturated heterocycles. The van der Waals surface area contributed by atoms with Crippen LogP contribution in [-0.2, 0) is 13.0 Å². The van der Waals surface area contributed by atoms with Gasteiger partial charge in [0.2, 0.25) is 0 Å². The Balaban J connectivity index is 1.64. The number of fused-ring (bicyclic) bond motifs is 2. The summed E-state index contributed by atoms with van der Waals surface area (Å²) in [6.07, 6.45) is 0.818. The zero-order valence-corrected chi connectivity index (χ0v) is 16.4. The highest BCUT2D eigenvalue weighted by Gasteiger charge is 2.24. The van der Waals surface area contributed by atoms with Gasteiger partial charge in [0.05, 0.1) is 13.2 Å². The van der Waals surface area contributed by atoms with Crippen molar-refractivity contribution in [3.63, 3.8) is 0 Å². The van der Waals surface area contributed by atoms with Crippen LogP contribution >= 0.6 is 0 Å². The second kappa shape index (κ2) is 7.93. The molecule has 1 heterocycles. The van der Waals surface area contributed by atoms with Gasteiger partial charge in [-0.1, -0.05) is 36.4 Å². The van der Waals surface area contributed by atoms with E-state index in [1.165, 1.54) is 5.56 Å². The first kappa shape index (κ1) is 18.4. The minimum absolute atomic E-state index is 0.0781. The third-order valence-electron chi connectivity index (χ3n) is 5.19. The van der Waals surface area contributed by atoms with Crippen LogP contribution < -0.4 is 9.47 Å². The molecule has 0 spiro atoms. The van der Waals surface area contributed by atoms with Crippen molar-refractivity contribution in [2.45, 2.75) is 26.8 Å². The Hall–Kier alpha value is -3.01. The minimum Gasteiger partial charge on any atom is -0.490 e. The van der Waals surface area contributed by atoms with E-state index in [2.05, 4.69) is 6.07 Å². The van der Waals surface area contributed by atoms with Gasteiger partial charge in [-0.05, 0) is 60.4 Å². The maximum Gasteiger partial charge on any atom is 0.254 e. The monoisotopic (exact) mass is 375 g/mol. The van der Waals surface area contributed by atoms with Crippen LogP contribution in [0.4, 0.5) is 0 Å². The van der Waals surface area contributed by atoms with Crippen LogP contribution in [0.5, 0.6) is 11.5 Å². The predicted octanol–water partition coefficient (Wildman–Crippen LogP) is 4.84. The van der Waals surface area contributed by atoms with Crippen molar-refractivity contribution in [1.29, 1.82) is 0 Å². The average molecular weight is 375 g/mol. The Labute approximate surface area is 165 Å². The predicted molar refractivity (Wildman–Crippen MR) is 111 cm³/mol. The van der Waals surface area contributed by atoms with Crippen LogP contribution in [-0.4, -0.2) is 30.6 Å². The molecular formula is C24H25NO3. The summed E-state index contributed by atoms with van der Waals surface area (Å²) in [7, 11) is 0. The van der Waals surface area contributed by atoms with Crippen LogP contribution in [0, 0.1) is 0 Å². The Kier molecular flexibility index (Phi) is 5.20. The maximum atomic E-state index is 13.3. The van der Waals surface area contributed by atoms with Crippen LogP contribution in [0.3, 0.4) is 0 Å². The zero-order valence-electron chi connectivity index (χ0n) is 16.4. The molecule has 0 bridgehead atoms. The summed E-state index contributed by atoms with van der Waals surface area (Å²) in [5, 5.41) is 2.09. The van der Waals surface area contributed by atoms with Crippen molar-refractivity contribution in [2.24, 2.45) is 0 Å². The van der Waals surface area contributed by atoms with Crippen LogP contribution in [0.1, 0.15) is 35.3 Å². The summed E-state index contributed by atoms with van der Waals surface area (Å²) in [6, 6.07) is 18.1. The van der Waals surface area contributed by atoms with Crippen molar-refractivity contribution in [1.82, 2.24) is 4.90 Å². The van der Waals surface area contributed by atoms with Crippen molar-refractivity contribution in [3.8, 4) is 11.5 Å². The molecule has 0 aliphatic carbocycles. The number of amides is 1. The molecule has 0 saturated carbocycles. The molecule has 1 amide bonds. The summed E-state index contributed by atoms with van der Waals surface area (Å²) in [5.41, 5.74) is 3.12. The molecule has 1 aliphatic heterocycles. The van der Waals surface area contributed by atoms with Crippen molar-refractivity contribution in [3.05, 3.63) is 71.3 Å². The molecule has 0 radical (unpaired) electrons. The highest BCUT2D eigenvalue weighted by molar-refractivity contribution is 6.07. The lowest BCUT2D eigenvalue weighted by Gasteiger charge is -2.30. The zero-order chi connectivity index (χ0) is 19.5. The van der Waals surface area contributed by atoms with E-state index in [4.69, 9.17) is 9.47 Å². The fourth-order valence-corrected chi connectivity index (χ4v) is 3.86. The van der Waals surface area contributed by atoms with Gasteiger partial charge in [0.1, 0.15) is 0 Å². The van der Waals surface area contributed by atoms with Crippen molar-refractivity contribution in [2.75, 3.05) is 19.8 Å². The third kappa shape index (κ3) is 3.42. The molecule has 3 aromatic rings. The second-order valence-corrected chi connectivity index (χ2v) is 6.94. The Morgan fingerprint density at radius 1 is 0.929 bits per heavy atom. The smallest absolute Gasteiger partial charge is 0.254 e. The quantitative estimate of drug-likeness (QED) is 0.641. The van der Waals surface area contributed by atoms with Crippen LogP contribution in [0.2, 0.25) is 0 Å². The van der Waals surface area contributed by atoms with Gasteiger partial charge in [-0.3, -0.25) is 4.79 Å². The molecule has 4 heteroatoms. The van der Waals surface area contributed by atoms with Gasteiger partial charge in [0, 0.05) is 18.7 Å². The SMILES string of the molecule is CCOc1cc2c(cc1OCC)CN(C(=O)c1cccc3ccccc13)CC2. The molecule has 0 atom stereocenters. The summed E-state index contributed by atoms with van der Waals surface area (Å²) in [4.78, 5) is 15.2. The number of nitrogens with zero attached hydrogens (tertiary/aromatic N) is 1. The van der Waals surface area contributed by atoms with Gasteiger partial charge in [-0.25, -0.2) is 0 Å². The van der Waals surface area contributed by atoms with E-state index >= 15 is 0 Å². The normalized spacial score (nSPS) is 13.3. The lowest BCUT2D eigenvalue weighted by atomic mass is 9.97. The second-order valence-electron chi connectivity index (χ2n) is 6.94. The maximum absolute atomic E-state index is 13.3. The van der Waals surface area contributed by atoms with Crippen molar-refractivity contribution >= 4 is 16.7 Å². The summed E-state index contributed by atoms with van der Waals surface area (Å²) < 4.78 is 11.5. The summed E-state index contributed by atoms with van der Waals surface area (Å²) in [6.45, 7) is 6.41. The van der Waals surface area contributed by atoms with E-state index in [1.54, 1.807) is 0 Å². The van der Waals surface area contributed by atoms with Crippen LogP contribution in [0.15, 0.2) is 54.6 Å². The number of hydrogen-bond acceptors (Lipinski definition) is 3. The van der Waals surface area contributed by atoms with Gasteiger partial charge in [-0.2, -0.15) is 0 Å². The fourth-order valence-electron chi connectivity index (χ4n) is 3.86. The minimum atomic E-state index is 0.0781. The van der Waals surface area contributed by atoms with E-state index < -0.39 is 0 Å². The van der Waals surface area contributed by atoms with Gasteiger partial charge in [-0.15, -0.1) is 0 Å². The average Bonchev–Trinajstić information content (AvgIpc) is 2.73. The first-order valence-corrected chi connectivity index (χ1v) is 9.89. The summed E-state index contributed by atoms with van der Waals surface area (Å²) in [5.74, 6) is 1.62. The largest absolute Gasteiger partial charge is 0.490 e. The van der Waals surface area contributed by atoms with Gasteiger partial charge in [0.15, 0.2) is 11.5 Å². The first-order chi connectivity index (χ1) is 13.7. The molecule has 28 heavy (non-hydrogen) atoms. The molecule has 0 N–H and O–H groups in total. The molecule has 1 aliphatic rings. The molecule has 4 nitrogen and oxygen atoms in total. The lowest BCUT2D eigenvalue weighted by molar-refractivity contribution is 0.0736. The molecule has 0 fully saturated rings. The number of ether oxygens (including phenoxy) is 2. The number of hydrogen-bond donors (Lipinski definition) is 0. The molecule has 4 rings (SSSR count). The molecule has 0 aromatic heterocycles. The van der Waals surface area contributed by atoms with E-state index in [1.807, 2.05) is 67.3 Å². The highest BCUT2D eigenvalue weighted by Crippen LogP contribution is 2.34. The van der Waals surface area contributed by atoms with Crippen LogP contribution in [0.25, 0.3) is 10.8 Å². The highest BCUT2D eigenvalue weighted by atomic mass is 16.5. The number of carbonyl (C=O) groups is 1. The molecule has 144 valence electrons. The Bertz CT molecular complexity index is 1010. The Morgan fingerprint density at radius 3 is 2.36 bits per heavy atom. The number of rotatable bonds is 5. The topological polar surface area (TPSA) is 38.8 Å². The number of benzene rings is 3. The van der Waals surface area contributed by atoms with Gasteiger partial charge < -0.3 is 14.4 Å². The van der Waals surface area contributed by atoms with E-state index in [0.29, 0.717) is 26.3 Å². The van der Waals surface area contributed by atoms with Crippen molar-refractivity contribution < 1.29 is 14.3 Å². The van der Waals surface area contributed by atoms with E-state index in [9.17, 15) is 4.79 Å². The molecular weight excluding hydrogens is 350 g/mol. The lowest BCUT2D eigenvalue weighted by Crippen LogP contribution is -2.36. The molecule has 3 aromatic carbocycles.